The van der Waals surface area contributed by atoms with Gasteiger partial charge in [-0.25, -0.2) is 4.98 Å². The quantitative estimate of drug-likeness (QED) is 0.836. The molecule has 0 aliphatic carbocycles. The summed E-state index contributed by atoms with van der Waals surface area (Å²) in [6.07, 6.45) is 0. The van der Waals surface area contributed by atoms with Crippen molar-refractivity contribution in [1.29, 1.82) is 0 Å². The maximum absolute atomic E-state index is 12.4. The zero-order valence-electron chi connectivity index (χ0n) is 12.3. The summed E-state index contributed by atoms with van der Waals surface area (Å²) < 4.78 is 0. The summed E-state index contributed by atoms with van der Waals surface area (Å²) in [5.41, 5.74) is 2.75. The largest absolute Gasteiger partial charge is 0.382 e. The molecule has 1 aromatic heterocycles. The molecule has 0 aliphatic heterocycles. The number of carbonyl (C=O) groups is 1. The van der Waals surface area contributed by atoms with Crippen LogP contribution in [0.25, 0.3) is 0 Å². The van der Waals surface area contributed by atoms with Crippen molar-refractivity contribution >= 4 is 28.9 Å². The van der Waals surface area contributed by atoms with Gasteiger partial charge in [-0.1, -0.05) is 23.7 Å². The minimum atomic E-state index is -0.175. The number of aromatic nitrogens is 1. The van der Waals surface area contributed by atoms with Crippen molar-refractivity contribution in [2.75, 3.05) is 10.6 Å². The molecule has 2 aromatic rings. The maximum atomic E-state index is 12.4. The van der Waals surface area contributed by atoms with Crippen molar-refractivity contribution in [3.63, 3.8) is 0 Å². The van der Waals surface area contributed by atoms with Gasteiger partial charge in [-0.05, 0) is 45.0 Å². The fourth-order valence-electron chi connectivity index (χ4n) is 1.97. The standard InChI is InChI=1S/C16H18ClN3O/c1-10(2)18-14-7-5-4-6-12(14)16(21)20-13-8-9-15(17)19-11(13)3/h4-10,18H,1-3H3,(H,20,21). The van der Waals surface area contributed by atoms with Gasteiger partial charge in [0, 0.05) is 11.7 Å². The number of carbonyl (C=O) groups excluding carboxylic acids is 1. The van der Waals surface area contributed by atoms with Crippen molar-refractivity contribution in [3.05, 3.63) is 52.8 Å². The van der Waals surface area contributed by atoms with Gasteiger partial charge in [0.15, 0.2) is 0 Å². The lowest BCUT2D eigenvalue weighted by Gasteiger charge is -2.15. The highest BCUT2D eigenvalue weighted by Gasteiger charge is 2.13. The number of anilines is 2. The van der Waals surface area contributed by atoms with Crippen molar-refractivity contribution in [1.82, 2.24) is 4.98 Å². The van der Waals surface area contributed by atoms with Crippen LogP contribution < -0.4 is 10.6 Å². The second kappa shape index (κ2) is 6.59. The predicted molar refractivity (Wildman–Crippen MR) is 87.1 cm³/mol. The number of benzene rings is 1. The predicted octanol–water partition coefficient (Wildman–Crippen LogP) is 4.12. The average molecular weight is 304 g/mol. The zero-order valence-corrected chi connectivity index (χ0v) is 13.0. The number of nitrogens with one attached hydrogen (secondary N) is 2. The minimum absolute atomic E-state index is 0.175. The molecule has 0 fully saturated rings. The molecule has 1 amide bonds. The first-order chi connectivity index (χ1) is 9.97. The molecule has 5 heteroatoms. The molecule has 1 heterocycles. The molecule has 0 unspecified atom stereocenters. The van der Waals surface area contributed by atoms with Crippen LogP contribution in [0.15, 0.2) is 36.4 Å². The zero-order chi connectivity index (χ0) is 15.4. The Morgan fingerprint density at radius 3 is 2.52 bits per heavy atom. The highest BCUT2D eigenvalue weighted by Crippen LogP contribution is 2.20. The van der Waals surface area contributed by atoms with E-state index in [0.29, 0.717) is 22.1 Å². The third kappa shape index (κ3) is 3.95. The maximum Gasteiger partial charge on any atom is 0.257 e. The van der Waals surface area contributed by atoms with Crippen molar-refractivity contribution in [3.8, 4) is 0 Å². The third-order valence-electron chi connectivity index (χ3n) is 2.92. The monoisotopic (exact) mass is 303 g/mol. The van der Waals surface area contributed by atoms with Crippen LogP contribution in [-0.2, 0) is 0 Å². The molecule has 0 spiro atoms. The minimum Gasteiger partial charge on any atom is -0.382 e. The van der Waals surface area contributed by atoms with E-state index < -0.39 is 0 Å². The number of aryl methyl sites for hydroxylation is 1. The van der Waals surface area contributed by atoms with E-state index in [2.05, 4.69) is 15.6 Å². The molecule has 4 nitrogen and oxygen atoms in total. The molecule has 2 rings (SSSR count). The fraction of sp³-hybridized carbons (Fsp3) is 0.250. The van der Waals surface area contributed by atoms with E-state index in [1.54, 1.807) is 25.1 Å². The van der Waals surface area contributed by atoms with Gasteiger partial charge in [-0.2, -0.15) is 0 Å². The highest BCUT2D eigenvalue weighted by molar-refractivity contribution is 6.29. The lowest BCUT2D eigenvalue weighted by Crippen LogP contribution is -2.18. The summed E-state index contributed by atoms with van der Waals surface area (Å²) >= 11 is 5.82. The van der Waals surface area contributed by atoms with Gasteiger partial charge in [0.05, 0.1) is 16.9 Å². The van der Waals surface area contributed by atoms with Gasteiger partial charge < -0.3 is 10.6 Å². The summed E-state index contributed by atoms with van der Waals surface area (Å²) in [6, 6.07) is 11.1. The van der Waals surface area contributed by atoms with Crippen LogP contribution in [0.4, 0.5) is 11.4 Å². The Kier molecular flexibility index (Phi) is 4.81. The molecule has 1 aromatic carbocycles. The van der Waals surface area contributed by atoms with Crippen LogP contribution in [0, 0.1) is 6.92 Å². The average Bonchev–Trinajstić information content (AvgIpc) is 2.42. The lowest BCUT2D eigenvalue weighted by atomic mass is 10.1. The molecule has 21 heavy (non-hydrogen) atoms. The van der Waals surface area contributed by atoms with Crippen LogP contribution in [0.5, 0.6) is 0 Å². The number of rotatable bonds is 4. The Labute approximate surface area is 129 Å². The first kappa shape index (κ1) is 15.3. The summed E-state index contributed by atoms with van der Waals surface area (Å²) in [5, 5.41) is 6.54. The third-order valence-corrected chi connectivity index (χ3v) is 3.13. The van der Waals surface area contributed by atoms with Gasteiger partial charge in [0.25, 0.3) is 5.91 Å². The Bertz CT molecular complexity index is 656. The van der Waals surface area contributed by atoms with Gasteiger partial charge in [0.2, 0.25) is 0 Å². The smallest absolute Gasteiger partial charge is 0.257 e. The van der Waals surface area contributed by atoms with E-state index >= 15 is 0 Å². The van der Waals surface area contributed by atoms with E-state index in [-0.39, 0.29) is 11.9 Å². The van der Waals surface area contributed by atoms with Crippen molar-refractivity contribution in [2.45, 2.75) is 26.8 Å². The Morgan fingerprint density at radius 1 is 1.14 bits per heavy atom. The molecular weight excluding hydrogens is 286 g/mol. The fourth-order valence-corrected chi connectivity index (χ4v) is 2.16. The van der Waals surface area contributed by atoms with E-state index in [9.17, 15) is 4.79 Å². The number of halogens is 1. The van der Waals surface area contributed by atoms with Crippen LogP contribution >= 0.6 is 11.6 Å². The summed E-state index contributed by atoms with van der Waals surface area (Å²) in [4.78, 5) is 16.6. The lowest BCUT2D eigenvalue weighted by molar-refractivity contribution is 0.102. The second-order valence-corrected chi connectivity index (χ2v) is 5.45. The Balaban J connectivity index is 2.24. The molecular formula is C16H18ClN3O. The van der Waals surface area contributed by atoms with Gasteiger partial charge in [-0.15, -0.1) is 0 Å². The number of pyridine rings is 1. The Hall–Kier alpha value is -2.07. The number of hydrogen-bond donors (Lipinski definition) is 2. The molecule has 0 atom stereocenters. The van der Waals surface area contributed by atoms with E-state index in [1.807, 2.05) is 32.0 Å². The topological polar surface area (TPSA) is 54.0 Å². The SMILES string of the molecule is Cc1nc(Cl)ccc1NC(=O)c1ccccc1NC(C)C. The van der Waals surface area contributed by atoms with E-state index in [4.69, 9.17) is 11.6 Å². The molecule has 0 saturated carbocycles. The molecule has 0 aliphatic rings. The first-order valence-electron chi connectivity index (χ1n) is 6.77. The van der Waals surface area contributed by atoms with Crippen LogP contribution in [0.2, 0.25) is 5.15 Å². The van der Waals surface area contributed by atoms with Gasteiger partial charge in [-0.3, -0.25) is 4.79 Å². The summed E-state index contributed by atoms with van der Waals surface area (Å²) in [7, 11) is 0. The van der Waals surface area contributed by atoms with Crippen molar-refractivity contribution in [2.24, 2.45) is 0 Å². The second-order valence-electron chi connectivity index (χ2n) is 5.07. The molecule has 110 valence electrons. The normalized spacial score (nSPS) is 10.5. The van der Waals surface area contributed by atoms with Crippen LogP contribution in [-0.4, -0.2) is 16.9 Å². The molecule has 2 N–H and O–H groups in total. The van der Waals surface area contributed by atoms with E-state index in [0.717, 1.165) is 5.69 Å². The Morgan fingerprint density at radius 2 is 1.86 bits per heavy atom. The number of para-hydroxylation sites is 1. The highest BCUT2D eigenvalue weighted by atomic mass is 35.5. The molecule has 0 radical (unpaired) electrons. The number of amides is 1. The van der Waals surface area contributed by atoms with Crippen molar-refractivity contribution < 1.29 is 4.79 Å². The summed E-state index contributed by atoms with van der Waals surface area (Å²) in [6.45, 7) is 5.86. The van der Waals surface area contributed by atoms with Crippen LogP contribution in [0.3, 0.4) is 0 Å². The first-order valence-corrected chi connectivity index (χ1v) is 7.15. The number of nitrogens with zero attached hydrogens (tertiary/aromatic N) is 1. The molecule has 0 bridgehead atoms. The van der Waals surface area contributed by atoms with Crippen LogP contribution in [0.1, 0.15) is 29.9 Å². The van der Waals surface area contributed by atoms with Gasteiger partial charge in [0.1, 0.15) is 5.15 Å². The molecule has 0 saturated heterocycles. The summed E-state index contributed by atoms with van der Waals surface area (Å²) in [5.74, 6) is -0.175. The van der Waals surface area contributed by atoms with E-state index in [1.165, 1.54) is 0 Å². The van der Waals surface area contributed by atoms with Gasteiger partial charge >= 0.3 is 0 Å². The number of hydrogen-bond acceptors (Lipinski definition) is 3.